The van der Waals surface area contributed by atoms with Crippen molar-refractivity contribution in [3.05, 3.63) is 120 Å². The van der Waals surface area contributed by atoms with Gasteiger partial charge in [-0.25, -0.2) is 4.98 Å². The van der Waals surface area contributed by atoms with Crippen LogP contribution in [0, 0.1) is 6.92 Å². The summed E-state index contributed by atoms with van der Waals surface area (Å²) < 4.78 is 3.75. The van der Waals surface area contributed by atoms with E-state index in [0.29, 0.717) is 0 Å². The van der Waals surface area contributed by atoms with Crippen LogP contribution in [0.5, 0.6) is 0 Å². The van der Waals surface area contributed by atoms with Gasteiger partial charge in [-0.2, -0.15) is 0 Å². The molecule has 2 aromatic heterocycles. The lowest BCUT2D eigenvalue weighted by Gasteiger charge is -2.21. The number of aryl methyl sites for hydroxylation is 1. The zero-order valence-electron chi connectivity index (χ0n) is 19.5. The summed E-state index contributed by atoms with van der Waals surface area (Å²) in [6, 6.07) is 32.9. The zero-order valence-corrected chi connectivity index (χ0v) is 20.3. The summed E-state index contributed by atoms with van der Waals surface area (Å²) in [6.45, 7) is 2.13. The summed E-state index contributed by atoms with van der Waals surface area (Å²) in [5, 5.41) is 3.64. The number of fused-ring (bicyclic) bond motifs is 5. The van der Waals surface area contributed by atoms with E-state index in [-0.39, 0.29) is 6.04 Å². The van der Waals surface area contributed by atoms with Crippen molar-refractivity contribution in [2.24, 2.45) is 0 Å². The van der Waals surface area contributed by atoms with Crippen LogP contribution in [-0.4, -0.2) is 9.55 Å². The van der Waals surface area contributed by atoms with E-state index in [0.717, 1.165) is 16.9 Å². The van der Waals surface area contributed by atoms with Crippen LogP contribution in [0.25, 0.3) is 48.2 Å². The fourth-order valence-electron chi connectivity index (χ4n) is 5.28. The molecule has 0 aliphatic heterocycles. The van der Waals surface area contributed by atoms with E-state index in [1.807, 2.05) is 0 Å². The van der Waals surface area contributed by atoms with Gasteiger partial charge in [-0.1, -0.05) is 103 Å². The highest BCUT2D eigenvalue weighted by atomic mass is 32.1. The summed E-state index contributed by atoms with van der Waals surface area (Å²) in [5.41, 5.74) is 8.65. The van der Waals surface area contributed by atoms with Crippen molar-refractivity contribution in [3.8, 4) is 10.6 Å². The standard InChI is InChI=1S/C32H24N2S/c1-21-11-13-22(14-12-21)23-15-17-25(18-16-23)34-28-10-6-5-9-26(28)27-19-20-29-30(31(27)34)33-32(35-29)24-7-3-2-4-8-24/h2-17,19-20,25H,18H2,1H3. The van der Waals surface area contributed by atoms with Gasteiger partial charge in [-0.3, -0.25) is 0 Å². The first-order valence-corrected chi connectivity index (χ1v) is 12.9. The van der Waals surface area contributed by atoms with Crippen LogP contribution in [0.15, 0.2) is 109 Å². The van der Waals surface area contributed by atoms with Gasteiger partial charge >= 0.3 is 0 Å². The van der Waals surface area contributed by atoms with Crippen molar-refractivity contribution in [1.82, 2.24) is 9.55 Å². The third-order valence-electron chi connectivity index (χ3n) is 7.04. The molecule has 1 aliphatic rings. The molecule has 0 bridgehead atoms. The molecule has 168 valence electrons. The quantitative estimate of drug-likeness (QED) is 0.253. The predicted octanol–water partition coefficient (Wildman–Crippen LogP) is 8.96. The maximum Gasteiger partial charge on any atom is 0.124 e. The molecular weight excluding hydrogens is 444 g/mol. The van der Waals surface area contributed by atoms with Gasteiger partial charge in [0.05, 0.1) is 16.3 Å². The molecule has 0 spiro atoms. The average molecular weight is 469 g/mol. The largest absolute Gasteiger partial charge is 0.331 e. The Morgan fingerprint density at radius 3 is 2.40 bits per heavy atom. The lowest BCUT2D eigenvalue weighted by molar-refractivity contribution is 0.650. The summed E-state index contributed by atoms with van der Waals surface area (Å²) in [5.74, 6) is 0. The van der Waals surface area contributed by atoms with Crippen LogP contribution >= 0.6 is 11.3 Å². The molecule has 35 heavy (non-hydrogen) atoms. The molecule has 1 unspecified atom stereocenters. The number of hydrogen-bond donors (Lipinski definition) is 0. The first-order valence-electron chi connectivity index (χ1n) is 12.1. The van der Waals surface area contributed by atoms with Gasteiger partial charge in [-0.05, 0) is 36.6 Å². The Labute approximate surface area is 208 Å². The van der Waals surface area contributed by atoms with E-state index < -0.39 is 0 Å². The second-order valence-corrected chi connectivity index (χ2v) is 10.3. The Bertz CT molecular complexity index is 1770. The Morgan fingerprint density at radius 1 is 0.800 bits per heavy atom. The summed E-state index contributed by atoms with van der Waals surface area (Å²) >= 11 is 1.77. The highest BCUT2D eigenvalue weighted by molar-refractivity contribution is 7.21. The molecule has 1 atom stereocenters. The molecule has 4 aromatic carbocycles. The van der Waals surface area contributed by atoms with Gasteiger partial charge in [-0.15, -0.1) is 11.3 Å². The molecule has 0 N–H and O–H groups in total. The van der Waals surface area contributed by atoms with Gasteiger partial charge < -0.3 is 4.57 Å². The molecule has 0 fully saturated rings. The third-order valence-corrected chi connectivity index (χ3v) is 8.11. The highest BCUT2D eigenvalue weighted by Gasteiger charge is 2.21. The van der Waals surface area contributed by atoms with Gasteiger partial charge in [0.25, 0.3) is 0 Å². The lowest BCUT2D eigenvalue weighted by Crippen LogP contribution is -2.08. The van der Waals surface area contributed by atoms with E-state index in [2.05, 4.69) is 121 Å². The van der Waals surface area contributed by atoms with Crippen molar-refractivity contribution in [3.63, 3.8) is 0 Å². The normalized spacial score (nSPS) is 15.8. The second kappa shape index (κ2) is 8.07. The highest BCUT2D eigenvalue weighted by Crippen LogP contribution is 2.41. The minimum Gasteiger partial charge on any atom is -0.331 e. The molecule has 2 nitrogen and oxygen atoms in total. The molecule has 0 amide bonds. The number of hydrogen-bond acceptors (Lipinski definition) is 2. The number of benzene rings is 4. The molecule has 7 rings (SSSR count). The summed E-state index contributed by atoms with van der Waals surface area (Å²) in [4.78, 5) is 5.19. The van der Waals surface area contributed by atoms with Gasteiger partial charge in [0.15, 0.2) is 0 Å². The average Bonchev–Trinajstić information content (AvgIpc) is 3.49. The fourth-order valence-corrected chi connectivity index (χ4v) is 6.26. The van der Waals surface area contributed by atoms with E-state index in [1.54, 1.807) is 11.3 Å². The van der Waals surface area contributed by atoms with Crippen molar-refractivity contribution in [2.75, 3.05) is 0 Å². The van der Waals surface area contributed by atoms with Crippen LogP contribution in [0.4, 0.5) is 0 Å². The number of allylic oxidation sites excluding steroid dienone is 4. The fraction of sp³-hybridized carbons (Fsp3) is 0.0938. The molecule has 0 saturated carbocycles. The lowest BCUT2D eigenvalue weighted by atomic mass is 9.96. The monoisotopic (exact) mass is 468 g/mol. The maximum absolute atomic E-state index is 5.19. The number of para-hydroxylation sites is 1. The number of rotatable bonds is 3. The van der Waals surface area contributed by atoms with Crippen molar-refractivity contribution in [2.45, 2.75) is 19.4 Å². The smallest absolute Gasteiger partial charge is 0.124 e. The van der Waals surface area contributed by atoms with Crippen molar-refractivity contribution in [1.29, 1.82) is 0 Å². The van der Waals surface area contributed by atoms with Crippen molar-refractivity contribution < 1.29 is 0 Å². The molecule has 0 saturated heterocycles. The van der Waals surface area contributed by atoms with E-state index in [1.165, 1.54) is 48.8 Å². The number of thiazole rings is 1. The van der Waals surface area contributed by atoms with Gasteiger partial charge in [0.2, 0.25) is 0 Å². The van der Waals surface area contributed by atoms with Crippen LogP contribution in [0.3, 0.4) is 0 Å². The predicted molar refractivity (Wildman–Crippen MR) is 150 cm³/mol. The SMILES string of the molecule is Cc1ccc(C2=CCC(n3c4ccccc4c4ccc5sc(-c6ccccc6)nc5c43)C=C2)cc1. The van der Waals surface area contributed by atoms with E-state index in [4.69, 9.17) is 4.98 Å². The number of nitrogens with zero attached hydrogens (tertiary/aromatic N) is 2. The number of aromatic nitrogens is 2. The summed E-state index contributed by atoms with van der Waals surface area (Å²) in [7, 11) is 0. The molecule has 2 heterocycles. The molecule has 1 aliphatic carbocycles. The first kappa shape index (κ1) is 20.4. The first-order chi connectivity index (χ1) is 17.3. The Hall–Kier alpha value is -3.95. The second-order valence-electron chi connectivity index (χ2n) is 9.27. The minimum absolute atomic E-state index is 0.249. The maximum atomic E-state index is 5.19. The molecule has 6 aromatic rings. The van der Waals surface area contributed by atoms with Crippen LogP contribution < -0.4 is 0 Å². The summed E-state index contributed by atoms with van der Waals surface area (Å²) in [6.07, 6.45) is 7.99. The Kier molecular flexibility index (Phi) is 4.71. The Balaban J connectivity index is 1.40. The van der Waals surface area contributed by atoms with E-state index in [9.17, 15) is 0 Å². The topological polar surface area (TPSA) is 17.8 Å². The van der Waals surface area contributed by atoms with Crippen molar-refractivity contribution >= 4 is 48.9 Å². The van der Waals surface area contributed by atoms with Crippen LogP contribution in [0.1, 0.15) is 23.6 Å². The third kappa shape index (κ3) is 3.35. The molecule has 0 radical (unpaired) electrons. The molecular formula is C32H24N2S. The minimum atomic E-state index is 0.249. The van der Waals surface area contributed by atoms with Crippen LogP contribution in [-0.2, 0) is 0 Å². The van der Waals surface area contributed by atoms with Crippen LogP contribution in [0.2, 0.25) is 0 Å². The zero-order chi connectivity index (χ0) is 23.4. The Morgan fingerprint density at radius 2 is 1.60 bits per heavy atom. The molecule has 3 heteroatoms. The van der Waals surface area contributed by atoms with Gasteiger partial charge in [0.1, 0.15) is 10.5 Å². The van der Waals surface area contributed by atoms with Gasteiger partial charge in [0, 0.05) is 21.9 Å². The van der Waals surface area contributed by atoms with E-state index >= 15 is 0 Å².